The molecule has 0 aromatic heterocycles. The van der Waals surface area contributed by atoms with E-state index in [1.807, 2.05) is 0 Å². The lowest BCUT2D eigenvalue weighted by Crippen LogP contribution is -2.47. The Hall–Kier alpha value is -0.570. The average Bonchev–Trinajstić information content (AvgIpc) is 2.40. The molecule has 18 heavy (non-hydrogen) atoms. The van der Waals surface area contributed by atoms with Crippen molar-refractivity contribution in [3.63, 3.8) is 0 Å². The van der Waals surface area contributed by atoms with E-state index in [0.29, 0.717) is 18.0 Å². The first kappa shape index (κ1) is 13.9. The minimum Gasteiger partial charge on any atom is -0.339 e. The van der Waals surface area contributed by atoms with Gasteiger partial charge in [0.15, 0.2) is 0 Å². The van der Waals surface area contributed by atoms with Gasteiger partial charge >= 0.3 is 0 Å². The van der Waals surface area contributed by atoms with Crippen molar-refractivity contribution in [1.29, 1.82) is 0 Å². The fraction of sp³-hybridized carbons (Fsp3) is 0.933. The molecule has 2 rings (SSSR count). The molecule has 0 aromatic rings. The van der Waals surface area contributed by atoms with Gasteiger partial charge in [0.2, 0.25) is 5.91 Å². The van der Waals surface area contributed by atoms with Crippen molar-refractivity contribution < 1.29 is 4.79 Å². The van der Waals surface area contributed by atoms with E-state index in [9.17, 15) is 4.79 Å². The molecule has 2 N–H and O–H groups in total. The third-order valence-electron chi connectivity index (χ3n) is 4.65. The Kier molecular flexibility index (Phi) is 5.04. The summed E-state index contributed by atoms with van der Waals surface area (Å²) < 4.78 is 0. The van der Waals surface area contributed by atoms with Crippen LogP contribution in [0.25, 0.3) is 0 Å². The van der Waals surface area contributed by atoms with Crippen molar-refractivity contribution in [3.05, 3.63) is 0 Å². The van der Waals surface area contributed by atoms with Gasteiger partial charge in [-0.05, 0) is 51.4 Å². The summed E-state index contributed by atoms with van der Waals surface area (Å²) in [5, 5.41) is 0. The van der Waals surface area contributed by atoms with Crippen LogP contribution in [0.4, 0.5) is 0 Å². The second-order valence-corrected chi connectivity index (χ2v) is 6.08. The van der Waals surface area contributed by atoms with Crippen LogP contribution in [0, 0.1) is 5.92 Å². The third kappa shape index (κ3) is 3.25. The van der Waals surface area contributed by atoms with E-state index in [1.54, 1.807) is 0 Å². The lowest BCUT2D eigenvalue weighted by Gasteiger charge is -2.39. The first-order valence-corrected chi connectivity index (χ1v) is 7.78. The van der Waals surface area contributed by atoms with E-state index in [1.165, 1.54) is 32.1 Å². The summed E-state index contributed by atoms with van der Waals surface area (Å²) in [6.07, 6.45) is 10.1. The second kappa shape index (κ2) is 6.55. The molecule has 0 spiro atoms. The SMILES string of the molecule is CCCC1CCCCN1C(=O)C1CCC(N)CC1. The third-order valence-corrected chi connectivity index (χ3v) is 4.65. The first-order valence-electron chi connectivity index (χ1n) is 7.78. The molecule has 104 valence electrons. The van der Waals surface area contributed by atoms with Gasteiger partial charge in [0.25, 0.3) is 0 Å². The van der Waals surface area contributed by atoms with Gasteiger partial charge in [-0.2, -0.15) is 0 Å². The van der Waals surface area contributed by atoms with Crippen molar-refractivity contribution in [2.75, 3.05) is 6.54 Å². The molecule has 2 fully saturated rings. The highest BCUT2D eigenvalue weighted by Gasteiger charge is 2.32. The molecule has 1 unspecified atom stereocenters. The highest BCUT2D eigenvalue weighted by molar-refractivity contribution is 5.79. The molecule has 1 amide bonds. The average molecular weight is 252 g/mol. The Bertz CT molecular complexity index is 270. The predicted molar refractivity (Wildman–Crippen MR) is 74.2 cm³/mol. The summed E-state index contributed by atoms with van der Waals surface area (Å²) in [4.78, 5) is 14.8. The molecule has 1 saturated carbocycles. The Morgan fingerprint density at radius 1 is 1.17 bits per heavy atom. The van der Waals surface area contributed by atoms with Crippen LogP contribution in [-0.4, -0.2) is 29.4 Å². The standard InChI is InChI=1S/C15H28N2O/c1-2-5-14-6-3-4-11-17(14)15(18)12-7-9-13(16)10-8-12/h12-14H,2-11,16H2,1H3. The smallest absolute Gasteiger partial charge is 0.225 e. The Morgan fingerprint density at radius 2 is 1.89 bits per heavy atom. The van der Waals surface area contributed by atoms with Gasteiger partial charge < -0.3 is 10.6 Å². The number of amides is 1. The van der Waals surface area contributed by atoms with Crippen LogP contribution in [0.3, 0.4) is 0 Å². The fourth-order valence-corrected chi connectivity index (χ4v) is 3.52. The number of hydrogen-bond acceptors (Lipinski definition) is 2. The fourth-order valence-electron chi connectivity index (χ4n) is 3.52. The molecule has 0 bridgehead atoms. The molecule has 0 radical (unpaired) electrons. The molecular weight excluding hydrogens is 224 g/mol. The zero-order chi connectivity index (χ0) is 13.0. The van der Waals surface area contributed by atoms with Crippen molar-refractivity contribution >= 4 is 5.91 Å². The van der Waals surface area contributed by atoms with Crippen molar-refractivity contribution in [2.24, 2.45) is 11.7 Å². The maximum Gasteiger partial charge on any atom is 0.225 e. The lowest BCUT2D eigenvalue weighted by atomic mass is 9.84. The Labute approximate surface area is 111 Å². The first-order chi connectivity index (χ1) is 8.72. The second-order valence-electron chi connectivity index (χ2n) is 6.08. The van der Waals surface area contributed by atoms with Gasteiger partial charge in [-0.1, -0.05) is 13.3 Å². The highest BCUT2D eigenvalue weighted by Crippen LogP contribution is 2.29. The minimum atomic E-state index is 0.266. The highest BCUT2D eigenvalue weighted by atomic mass is 16.2. The van der Waals surface area contributed by atoms with Crippen LogP contribution in [0.5, 0.6) is 0 Å². The van der Waals surface area contributed by atoms with Crippen molar-refractivity contribution in [1.82, 2.24) is 4.90 Å². The predicted octanol–water partition coefficient (Wildman–Crippen LogP) is 2.69. The normalized spacial score (nSPS) is 33.4. The molecule has 1 atom stereocenters. The number of carbonyl (C=O) groups excluding carboxylic acids is 1. The number of hydrogen-bond donors (Lipinski definition) is 1. The maximum absolute atomic E-state index is 12.6. The molecule has 2 aliphatic rings. The molecule has 0 aromatic carbocycles. The lowest BCUT2D eigenvalue weighted by molar-refractivity contribution is -0.140. The molecule has 3 nitrogen and oxygen atoms in total. The number of piperidine rings is 1. The summed E-state index contributed by atoms with van der Waals surface area (Å²) in [6, 6.07) is 0.855. The van der Waals surface area contributed by atoms with E-state index in [0.717, 1.165) is 32.2 Å². The zero-order valence-corrected chi connectivity index (χ0v) is 11.7. The van der Waals surface area contributed by atoms with Gasteiger partial charge in [0, 0.05) is 24.5 Å². The van der Waals surface area contributed by atoms with Crippen molar-refractivity contribution in [3.8, 4) is 0 Å². The summed E-state index contributed by atoms with van der Waals surface area (Å²) >= 11 is 0. The Morgan fingerprint density at radius 3 is 2.56 bits per heavy atom. The van der Waals surface area contributed by atoms with Crippen molar-refractivity contribution in [2.45, 2.75) is 76.8 Å². The van der Waals surface area contributed by atoms with E-state index < -0.39 is 0 Å². The number of nitrogens with two attached hydrogens (primary N) is 1. The minimum absolute atomic E-state index is 0.266. The molecule has 3 heteroatoms. The maximum atomic E-state index is 12.6. The summed E-state index contributed by atoms with van der Waals surface area (Å²) in [6.45, 7) is 3.21. The quantitative estimate of drug-likeness (QED) is 0.839. The molecule has 1 heterocycles. The number of rotatable bonds is 3. The van der Waals surface area contributed by atoms with E-state index in [-0.39, 0.29) is 5.92 Å². The summed E-state index contributed by atoms with van der Waals surface area (Å²) in [5.74, 6) is 0.697. The largest absolute Gasteiger partial charge is 0.339 e. The monoisotopic (exact) mass is 252 g/mol. The van der Waals surface area contributed by atoms with Gasteiger partial charge in [-0.3, -0.25) is 4.79 Å². The number of carbonyl (C=O) groups is 1. The molecule has 1 aliphatic carbocycles. The van der Waals surface area contributed by atoms with Gasteiger partial charge in [0.05, 0.1) is 0 Å². The van der Waals surface area contributed by atoms with Crippen LogP contribution in [0.2, 0.25) is 0 Å². The van der Waals surface area contributed by atoms with Crippen LogP contribution in [0.15, 0.2) is 0 Å². The molecular formula is C15H28N2O. The topological polar surface area (TPSA) is 46.3 Å². The van der Waals surface area contributed by atoms with E-state index in [2.05, 4.69) is 11.8 Å². The van der Waals surface area contributed by atoms with Gasteiger partial charge in [0.1, 0.15) is 0 Å². The van der Waals surface area contributed by atoms with Crippen LogP contribution in [0.1, 0.15) is 64.7 Å². The van der Waals surface area contributed by atoms with E-state index in [4.69, 9.17) is 5.73 Å². The van der Waals surface area contributed by atoms with Gasteiger partial charge in [-0.15, -0.1) is 0 Å². The van der Waals surface area contributed by atoms with Crippen LogP contribution >= 0.6 is 0 Å². The van der Waals surface area contributed by atoms with E-state index >= 15 is 0 Å². The summed E-state index contributed by atoms with van der Waals surface area (Å²) in [7, 11) is 0. The Balaban J connectivity index is 1.93. The van der Waals surface area contributed by atoms with Crippen LogP contribution in [-0.2, 0) is 4.79 Å². The number of likely N-dealkylation sites (tertiary alicyclic amines) is 1. The number of nitrogens with zero attached hydrogens (tertiary/aromatic N) is 1. The molecule has 1 saturated heterocycles. The zero-order valence-electron chi connectivity index (χ0n) is 11.7. The molecule has 1 aliphatic heterocycles. The summed E-state index contributed by atoms with van der Waals surface area (Å²) in [5.41, 5.74) is 5.93. The van der Waals surface area contributed by atoms with Crippen LogP contribution < -0.4 is 5.73 Å². The van der Waals surface area contributed by atoms with Gasteiger partial charge in [-0.25, -0.2) is 0 Å².